The molecular weight excluding hydrogens is 266 g/mol. The van der Waals surface area contributed by atoms with E-state index in [2.05, 4.69) is 10.3 Å². The number of pyridine rings is 1. The minimum absolute atomic E-state index is 0.0555. The van der Waals surface area contributed by atoms with Gasteiger partial charge in [0.05, 0.1) is 5.92 Å². The molecule has 0 unspecified atom stereocenters. The fraction of sp³-hybridized carbons (Fsp3) is 0.562. The lowest BCUT2D eigenvalue weighted by Gasteiger charge is -2.35. The van der Waals surface area contributed by atoms with Gasteiger partial charge in [-0.15, -0.1) is 0 Å². The number of likely N-dealkylation sites (tertiary alicyclic amines) is 1. The standard InChI is InChI=1S/C16H23N3O2/c1-16(2,3)15(21)19-10-6-7-12(11-19)14(20)18-13-8-4-5-9-17-13/h4-5,8-9,12H,6-7,10-11H2,1-3H3,(H,17,18,20)/t12-/m0/s1. The highest BCUT2D eigenvalue weighted by Crippen LogP contribution is 2.24. The molecule has 0 aliphatic carbocycles. The third-order valence-corrected chi connectivity index (χ3v) is 3.64. The highest BCUT2D eigenvalue weighted by molar-refractivity contribution is 5.92. The second-order valence-electron chi connectivity index (χ2n) is 6.54. The first-order chi connectivity index (χ1) is 9.88. The van der Waals surface area contributed by atoms with Crippen molar-refractivity contribution in [2.24, 2.45) is 11.3 Å². The van der Waals surface area contributed by atoms with Crippen LogP contribution in [-0.4, -0.2) is 34.8 Å². The van der Waals surface area contributed by atoms with E-state index in [4.69, 9.17) is 0 Å². The molecule has 0 radical (unpaired) electrons. The lowest BCUT2D eigenvalue weighted by atomic mass is 9.91. The van der Waals surface area contributed by atoms with Gasteiger partial charge in [0.25, 0.3) is 0 Å². The summed E-state index contributed by atoms with van der Waals surface area (Å²) in [6.07, 6.45) is 3.32. The van der Waals surface area contributed by atoms with Crippen LogP contribution >= 0.6 is 0 Å². The smallest absolute Gasteiger partial charge is 0.230 e. The minimum atomic E-state index is -0.403. The molecular formula is C16H23N3O2. The number of aromatic nitrogens is 1. The van der Waals surface area contributed by atoms with Crippen molar-refractivity contribution >= 4 is 17.6 Å². The molecule has 2 rings (SSSR count). The molecule has 5 heteroatoms. The van der Waals surface area contributed by atoms with Crippen molar-refractivity contribution in [2.75, 3.05) is 18.4 Å². The van der Waals surface area contributed by atoms with Gasteiger partial charge in [0, 0.05) is 24.7 Å². The third kappa shape index (κ3) is 4.03. The van der Waals surface area contributed by atoms with Crippen LogP contribution in [-0.2, 0) is 9.59 Å². The Morgan fingerprint density at radius 1 is 1.33 bits per heavy atom. The maximum atomic E-state index is 12.3. The summed E-state index contributed by atoms with van der Waals surface area (Å²) in [6, 6.07) is 5.40. The van der Waals surface area contributed by atoms with Gasteiger partial charge in [-0.2, -0.15) is 0 Å². The Morgan fingerprint density at radius 3 is 2.71 bits per heavy atom. The van der Waals surface area contributed by atoms with E-state index in [0.29, 0.717) is 12.4 Å². The Morgan fingerprint density at radius 2 is 2.10 bits per heavy atom. The lowest BCUT2D eigenvalue weighted by molar-refractivity contribution is -0.142. The second kappa shape index (κ2) is 6.24. The van der Waals surface area contributed by atoms with E-state index in [1.165, 1.54) is 0 Å². The first-order valence-corrected chi connectivity index (χ1v) is 7.39. The molecule has 1 saturated heterocycles. The molecule has 0 spiro atoms. The number of hydrogen-bond donors (Lipinski definition) is 1. The summed E-state index contributed by atoms with van der Waals surface area (Å²) in [5.41, 5.74) is -0.403. The summed E-state index contributed by atoms with van der Waals surface area (Å²) in [7, 11) is 0. The zero-order valence-electron chi connectivity index (χ0n) is 12.9. The van der Waals surface area contributed by atoms with Crippen LogP contribution < -0.4 is 5.32 Å². The molecule has 1 aromatic rings. The van der Waals surface area contributed by atoms with Crippen LogP contribution in [0, 0.1) is 11.3 Å². The predicted molar refractivity (Wildman–Crippen MR) is 81.6 cm³/mol. The van der Waals surface area contributed by atoms with Gasteiger partial charge in [0.15, 0.2) is 0 Å². The number of carbonyl (C=O) groups excluding carboxylic acids is 2. The highest BCUT2D eigenvalue weighted by Gasteiger charge is 2.33. The van der Waals surface area contributed by atoms with Gasteiger partial charge in [0.2, 0.25) is 11.8 Å². The van der Waals surface area contributed by atoms with Crippen molar-refractivity contribution in [3.63, 3.8) is 0 Å². The van der Waals surface area contributed by atoms with Gasteiger partial charge in [0.1, 0.15) is 5.82 Å². The zero-order chi connectivity index (χ0) is 15.5. The monoisotopic (exact) mass is 289 g/mol. The fourth-order valence-electron chi connectivity index (χ4n) is 2.51. The van der Waals surface area contributed by atoms with Gasteiger partial charge in [-0.3, -0.25) is 9.59 Å². The van der Waals surface area contributed by atoms with Crippen molar-refractivity contribution in [2.45, 2.75) is 33.6 Å². The van der Waals surface area contributed by atoms with Gasteiger partial charge in [-0.05, 0) is 25.0 Å². The first-order valence-electron chi connectivity index (χ1n) is 7.39. The molecule has 1 N–H and O–H groups in total. The minimum Gasteiger partial charge on any atom is -0.341 e. The summed E-state index contributed by atoms with van der Waals surface area (Å²) in [5, 5.41) is 2.82. The molecule has 1 aliphatic heterocycles. The van der Waals surface area contributed by atoms with Crippen molar-refractivity contribution in [1.82, 2.24) is 9.88 Å². The van der Waals surface area contributed by atoms with E-state index in [9.17, 15) is 9.59 Å². The van der Waals surface area contributed by atoms with Gasteiger partial charge in [-0.1, -0.05) is 26.8 Å². The SMILES string of the molecule is CC(C)(C)C(=O)N1CCC[C@H](C(=O)Nc2ccccn2)C1. The van der Waals surface area contributed by atoms with Gasteiger partial charge >= 0.3 is 0 Å². The number of nitrogens with one attached hydrogen (secondary N) is 1. The number of rotatable bonds is 2. The maximum Gasteiger partial charge on any atom is 0.230 e. The van der Waals surface area contributed by atoms with Crippen LogP contribution in [0.1, 0.15) is 33.6 Å². The number of nitrogens with zero attached hydrogens (tertiary/aromatic N) is 2. The van der Waals surface area contributed by atoms with Crippen LogP contribution in [0.5, 0.6) is 0 Å². The van der Waals surface area contributed by atoms with Crippen molar-refractivity contribution < 1.29 is 9.59 Å². The summed E-state index contributed by atoms with van der Waals surface area (Å²) in [4.78, 5) is 30.5. The molecule has 21 heavy (non-hydrogen) atoms. The van der Waals surface area contributed by atoms with E-state index < -0.39 is 5.41 Å². The molecule has 114 valence electrons. The number of amides is 2. The largest absolute Gasteiger partial charge is 0.341 e. The molecule has 5 nitrogen and oxygen atoms in total. The van der Waals surface area contributed by atoms with Crippen molar-refractivity contribution in [1.29, 1.82) is 0 Å². The van der Waals surface area contributed by atoms with Crippen LogP contribution in [0.15, 0.2) is 24.4 Å². The molecule has 2 amide bonds. The molecule has 2 heterocycles. The topological polar surface area (TPSA) is 62.3 Å². The van der Waals surface area contributed by atoms with E-state index in [-0.39, 0.29) is 17.7 Å². The van der Waals surface area contributed by atoms with Gasteiger partial charge < -0.3 is 10.2 Å². The Hall–Kier alpha value is -1.91. The summed E-state index contributed by atoms with van der Waals surface area (Å²) >= 11 is 0. The summed E-state index contributed by atoms with van der Waals surface area (Å²) in [5.74, 6) is 0.451. The molecule has 1 fully saturated rings. The Labute approximate surface area is 125 Å². The third-order valence-electron chi connectivity index (χ3n) is 3.64. The Balaban J connectivity index is 1.98. The summed E-state index contributed by atoms with van der Waals surface area (Å²) in [6.45, 7) is 6.96. The Bertz CT molecular complexity index is 508. The van der Waals surface area contributed by atoms with E-state index in [1.54, 1.807) is 18.3 Å². The highest BCUT2D eigenvalue weighted by atomic mass is 16.2. The van der Waals surface area contributed by atoms with Crippen LogP contribution in [0.4, 0.5) is 5.82 Å². The number of piperidine rings is 1. The van der Waals surface area contributed by atoms with Crippen molar-refractivity contribution in [3.05, 3.63) is 24.4 Å². The Kier molecular flexibility index (Phi) is 4.60. The second-order valence-corrected chi connectivity index (χ2v) is 6.54. The predicted octanol–water partition coefficient (Wildman–Crippen LogP) is 2.30. The van der Waals surface area contributed by atoms with Crippen LogP contribution in [0.3, 0.4) is 0 Å². The molecule has 0 saturated carbocycles. The normalized spacial score (nSPS) is 19.2. The molecule has 0 bridgehead atoms. The zero-order valence-corrected chi connectivity index (χ0v) is 12.9. The molecule has 1 atom stereocenters. The van der Waals surface area contributed by atoms with Crippen molar-refractivity contribution in [3.8, 4) is 0 Å². The average Bonchev–Trinajstić information content (AvgIpc) is 2.46. The lowest BCUT2D eigenvalue weighted by Crippen LogP contribution is -2.47. The maximum absolute atomic E-state index is 12.3. The molecule has 1 aromatic heterocycles. The van der Waals surface area contributed by atoms with Crippen LogP contribution in [0.25, 0.3) is 0 Å². The van der Waals surface area contributed by atoms with Gasteiger partial charge in [-0.25, -0.2) is 4.98 Å². The van der Waals surface area contributed by atoms with E-state index in [1.807, 2.05) is 31.7 Å². The number of anilines is 1. The molecule has 0 aromatic carbocycles. The van der Waals surface area contributed by atoms with E-state index in [0.717, 1.165) is 19.4 Å². The summed E-state index contributed by atoms with van der Waals surface area (Å²) < 4.78 is 0. The first kappa shape index (κ1) is 15.5. The average molecular weight is 289 g/mol. The molecule has 1 aliphatic rings. The number of hydrogen-bond acceptors (Lipinski definition) is 3. The quantitative estimate of drug-likeness (QED) is 0.908. The van der Waals surface area contributed by atoms with E-state index >= 15 is 0 Å². The fourth-order valence-corrected chi connectivity index (χ4v) is 2.51. The number of carbonyl (C=O) groups is 2. The van der Waals surface area contributed by atoms with Crippen LogP contribution in [0.2, 0.25) is 0 Å².